The Kier molecular flexibility index (Phi) is 5.23. The number of rotatable bonds is 6. The minimum Gasteiger partial charge on any atom is -0.356 e. The summed E-state index contributed by atoms with van der Waals surface area (Å²) in [5, 5.41) is 3.88. The third-order valence-corrected chi connectivity index (χ3v) is 4.18. The summed E-state index contributed by atoms with van der Waals surface area (Å²) in [7, 11) is 0. The zero-order valence-electron chi connectivity index (χ0n) is 14.2. The molecule has 0 saturated carbocycles. The molecule has 0 saturated heterocycles. The number of carbonyl (C=O) groups is 1. The van der Waals surface area contributed by atoms with Crippen LogP contribution in [-0.4, -0.2) is 22.4 Å². The minimum atomic E-state index is -0.123. The van der Waals surface area contributed by atoms with Gasteiger partial charge in [-0.25, -0.2) is 0 Å². The van der Waals surface area contributed by atoms with Gasteiger partial charge in [-0.1, -0.05) is 12.1 Å². The minimum absolute atomic E-state index is 0.0440. The molecule has 0 fully saturated rings. The van der Waals surface area contributed by atoms with Crippen LogP contribution in [0.3, 0.4) is 0 Å². The summed E-state index contributed by atoms with van der Waals surface area (Å²) in [4.78, 5) is 31.0. The highest BCUT2D eigenvalue weighted by Crippen LogP contribution is 2.13. The zero-order valence-corrected chi connectivity index (χ0v) is 14.2. The molecule has 2 heterocycles. The first kappa shape index (κ1) is 16.9. The van der Waals surface area contributed by atoms with Crippen LogP contribution in [-0.2, 0) is 17.6 Å². The predicted molar refractivity (Wildman–Crippen MR) is 98.6 cm³/mol. The van der Waals surface area contributed by atoms with E-state index >= 15 is 0 Å². The van der Waals surface area contributed by atoms with E-state index in [1.165, 1.54) is 0 Å². The van der Waals surface area contributed by atoms with Crippen molar-refractivity contribution < 1.29 is 4.79 Å². The number of pyridine rings is 2. The molecule has 0 radical (unpaired) electrons. The summed E-state index contributed by atoms with van der Waals surface area (Å²) in [6.07, 6.45) is 4.98. The van der Waals surface area contributed by atoms with Gasteiger partial charge < -0.3 is 10.3 Å². The molecular formula is C20H21N3O2. The van der Waals surface area contributed by atoms with Gasteiger partial charge in [-0.15, -0.1) is 0 Å². The average Bonchev–Trinajstić information content (AvgIpc) is 2.61. The molecule has 128 valence electrons. The Morgan fingerprint density at radius 1 is 1.12 bits per heavy atom. The van der Waals surface area contributed by atoms with Crippen molar-refractivity contribution in [1.82, 2.24) is 15.3 Å². The maximum absolute atomic E-state index is 12.2. The molecule has 0 unspecified atom stereocenters. The highest BCUT2D eigenvalue weighted by Gasteiger charge is 2.07. The zero-order chi connectivity index (χ0) is 17.6. The summed E-state index contributed by atoms with van der Waals surface area (Å²) < 4.78 is 0. The first-order valence-electron chi connectivity index (χ1n) is 8.40. The molecule has 0 aliphatic rings. The second-order valence-corrected chi connectivity index (χ2v) is 6.17. The van der Waals surface area contributed by atoms with Gasteiger partial charge in [0, 0.05) is 36.4 Å². The molecule has 0 bridgehead atoms. The Bertz CT molecular complexity index is 933. The average molecular weight is 335 g/mol. The highest BCUT2D eigenvalue weighted by molar-refractivity contribution is 5.80. The van der Waals surface area contributed by atoms with Crippen LogP contribution in [0.2, 0.25) is 0 Å². The Morgan fingerprint density at radius 3 is 2.72 bits per heavy atom. The molecule has 0 aliphatic carbocycles. The molecule has 0 atom stereocenters. The maximum atomic E-state index is 12.2. The number of amides is 1. The van der Waals surface area contributed by atoms with Crippen molar-refractivity contribution in [2.24, 2.45) is 0 Å². The number of aryl methyl sites for hydroxylation is 2. The number of aromatic nitrogens is 2. The molecule has 5 heteroatoms. The van der Waals surface area contributed by atoms with E-state index in [0.717, 1.165) is 28.5 Å². The van der Waals surface area contributed by atoms with E-state index in [-0.39, 0.29) is 11.5 Å². The van der Waals surface area contributed by atoms with Gasteiger partial charge in [0.1, 0.15) is 0 Å². The quantitative estimate of drug-likeness (QED) is 0.727. The standard InChI is InChI=1S/C20H21N3O2/c1-14-2-3-16-13-17(20(25)23-18(16)12-14)4-5-19(24)22-11-8-15-6-9-21-10-7-15/h2-3,6-7,9-10,12-13H,4-5,8,11H2,1H3,(H,22,24)(H,23,25). The molecule has 1 aromatic carbocycles. The molecule has 2 aromatic heterocycles. The fourth-order valence-corrected chi connectivity index (χ4v) is 2.78. The molecule has 0 aliphatic heterocycles. The van der Waals surface area contributed by atoms with Crippen molar-refractivity contribution in [2.75, 3.05) is 6.54 Å². The molecule has 2 N–H and O–H groups in total. The van der Waals surface area contributed by atoms with Gasteiger partial charge >= 0.3 is 0 Å². The summed E-state index contributed by atoms with van der Waals surface area (Å²) in [5.74, 6) is -0.0440. The van der Waals surface area contributed by atoms with Crippen LogP contribution in [0.25, 0.3) is 10.9 Å². The number of hydrogen-bond acceptors (Lipinski definition) is 3. The van der Waals surface area contributed by atoms with Gasteiger partial charge in [0.2, 0.25) is 5.91 Å². The van der Waals surface area contributed by atoms with E-state index in [0.29, 0.717) is 24.9 Å². The number of nitrogens with zero attached hydrogens (tertiary/aromatic N) is 1. The number of fused-ring (bicyclic) bond motifs is 1. The summed E-state index contributed by atoms with van der Waals surface area (Å²) in [5.41, 5.74) is 3.58. The molecule has 1 amide bonds. The highest BCUT2D eigenvalue weighted by atomic mass is 16.1. The van der Waals surface area contributed by atoms with Gasteiger partial charge in [-0.3, -0.25) is 14.6 Å². The summed E-state index contributed by atoms with van der Waals surface area (Å²) in [6.45, 7) is 2.57. The van der Waals surface area contributed by atoms with Crippen LogP contribution < -0.4 is 10.9 Å². The molecule has 0 spiro atoms. The molecule has 25 heavy (non-hydrogen) atoms. The van der Waals surface area contributed by atoms with E-state index in [1.54, 1.807) is 12.4 Å². The largest absolute Gasteiger partial charge is 0.356 e. The normalized spacial score (nSPS) is 10.8. The van der Waals surface area contributed by atoms with Crippen LogP contribution in [0.4, 0.5) is 0 Å². The third-order valence-electron chi connectivity index (χ3n) is 4.18. The fourth-order valence-electron chi connectivity index (χ4n) is 2.78. The van der Waals surface area contributed by atoms with Crippen molar-refractivity contribution in [3.05, 3.63) is 75.8 Å². The SMILES string of the molecule is Cc1ccc2cc(CCC(=O)NCCc3ccncc3)c(=O)[nH]c2c1. The van der Waals surface area contributed by atoms with Crippen molar-refractivity contribution in [2.45, 2.75) is 26.2 Å². The number of nitrogens with one attached hydrogen (secondary N) is 2. The van der Waals surface area contributed by atoms with Gasteiger partial charge in [0.05, 0.1) is 0 Å². The number of hydrogen-bond donors (Lipinski definition) is 2. The molecular weight excluding hydrogens is 314 g/mol. The fraction of sp³-hybridized carbons (Fsp3) is 0.250. The Morgan fingerprint density at radius 2 is 1.92 bits per heavy atom. The van der Waals surface area contributed by atoms with Gasteiger partial charge in [-0.2, -0.15) is 0 Å². The molecule has 5 nitrogen and oxygen atoms in total. The van der Waals surface area contributed by atoms with Crippen LogP contribution >= 0.6 is 0 Å². The van der Waals surface area contributed by atoms with Crippen molar-refractivity contribution in [3.8, 4) is 0 Å². The van der Waals surface area contributed by atoms with Crippen LogP contribution in [0.1, 0.15) is 23.1 Å². The van der Waals surface area contributed by atoms with Crippen molar-refractivity contribution >= 4 is 16.8 Å². The molecule has 3 rings (SSSR count). The second kappa shape index (κ2) is 7.75. The van der Waals surface area contributed by atoms with Gasteiger partial charge in [0.15, 0.2) is 0 Å². The van der Waals surface area contributed by atoms with Gasteiger partial charge in [-0.05, 0) is 60.5 Å². The number of H-pyrrole nitrogens is 1. The number of carbonyl (C=O) groups excluding carboxylic acids is 1. The van der Waals surface area contributed by atoms with E-state index in [9.17, 15) is 9.59 Å². The Balaban J connectivity index is 1.55. The predicted octanol–water partition coefficient (Wildman–Crippen LogP) is 2.52. The third kappa shape index (κ3) is 4.53. The maximum Gasteiger partial charge on any atom is 0.251 e. The topological polar surface area (TPSA) is 74.8 Å². The van der Waals surface area contributed by atoms with E-state index in [4.69, 9.17) is 0 Å². The van der Waals surface area contributed by atoms with Crippen LogP contribution in [0.5, 0.6) is 0 Å². The van der Waals surface area contributed by atoms with Crippen molar-refractivity contribution in [3.63, 3.8) is 0 Å². The smallest absolute Gasteiger partial charge is 0.251 e. The van der Waals surface area contributed by atoms with Crippen molar-refractivity contribution in [1.29, 1.82) is 0 Å². The van der Waals surface area contributed by atoms with E-state index in [1.807, 2.05) is 43.3 Å². The van der Waals surface area contributed by atoms with Crippen LogP contribution in [0, 0.1) is 6.92 Å². The van der Waals surface area contributed by atoms with Crippen LogP contribution in [0.15, 0.2) is 53.6 Å². The summed E-state index contributed by atoms with van der Waals surface area (Å²) in [6, 6.07) is 11.7. The Hall–Kier alpha value is -2.95. The first-order chi connectivity index (χ1) is 12.1. The lowest BCUT2D eigenvalue weighted by Gasteiger charge is -2.06. The molecule has 3 aromatic rings. The lowest BCUT2D eigenvalue weighted by molar-refractivity contribution is -0.121. The lowest BCUT2D eigenvalue weighted by Crippen LogP contribution is -2.26. The van der Waals surface area contributed by atoms with E-state index in [2.05, 4.69) is 15.3 Å². The number of aromatic amines is 1. The lowest BCUT2D eigenvalue weighted by atomic mass is 10.1. The Labute approximate surface area is 146 Å². The van der Waals surface area contributed by atoms with E-state index < -0.39 is 0 Å². The van der Waals surface area contributed by atoms with Gasteiger partial charge in [0.25, 0.3) is 5.56 Å². The first-order valence-corrected chi connectivity index (χ1v) is 8.40. The number of benzene rings is 1. The monoisotopic (exact) mass is 335 g/mol. The summed E-state index contributed by atoms with van der Waals surface area (Å²) >= 11 is 0. The second-order valence-electron chi connectivity index (χ2n) is 6.17.